The lowest BCUT2D eigenvalue weighted by molar-refractivity contribution is -0.142. The van der Waals surface area contributed by atoms with Crippen LogP contribution in [0.3, 0.4) is 0 Å². The number of carbonyl (C=O) groups is 1. The number of nitrogens with zero attached hydrogens (tertiary/aromatic N) is 2. The third-order valence-electron chi connectivity index (χ3n) is 1.41. The number of aliphatic carboxylic acids is 1. The van der Waals surface area contributed by atoms with Gasteiger partial charge in [-0.15, -0.1) is 0 Å². The summed E-state index contributed by atoms with van der Waals surface area (Å²) in [4.78, 5) is 10.1. The second-order valence-electron chi connectivity index (χ2n) is 2.76. The average molecular weight is 220 g/mol. The summed E-state index contributed by atoms with van der Waals surface area (Å²) in [6, 6.07) is 0. The summed E-state index contributed by atoms with van der Waals surface area (Å²) in [7, 11) is 0. The number of alkyl halides is 3. The molecule has 0 aliphatic rings. The van der Waals surface area contributed by atoms with E-state index in [4.69, 9.17) is 5.11 Å². The van der Waals surface area contributed by atoms with Crippen LogP contribution in [0.2, 0.25) is 0 Å². The molecular weight excluding hydrogens is 213 g/mol. The average Bonchev–Trinajstić information content (AvgIpc) is 2.45. The Bertz CT molecular complexity index is 381. The van der Waals surface area contributed by atoms with Gasteiger partial charge in [-0.05, 0) is 6.08 Å². The number of rotatable bonds is 3. The second kappa shape index (κ2) is 4.16. The highest BCUT2D eigenvalue weighted by molar-refractivity contribution is 5.85. The normalized spacial score (nSPS) is 12.2. The molecule has 0 bridgehead atoms. The standard InChI is InChI=1S/C8H7F3N2O2/c9-8(10,11)5-13-4-6(3-12-13)1-2-7(14)15/h1-4H,5H2,(H,14,15). The molecule has 0 unspecified atom stereocenters. The van der Waals surface area contributed by atoms with Gasteiger partial charge in [0.1, 0.15) is 6.54 Å². The lowest BCUT2D eigenvalue weighted by atomic mass is 10.3. The Hall–Kier alpha value is -1.79. The Morgan fingerprint density at radius 3 is 2.80 bits per heavy atom. The maximum Gasteiger partial charge on any atom is 0.408 e. The van der Waals surface area contributed by atoms with Crippen LogP contribution in [0.15, 0.2) is 18.5 Å². The van der Waals surface area contributed by atoms with Crippen molar-refractivity contribution in [2.75, 3.05) is 0 Å². The van der Waals surface area contributed by atoms with Crippen molar-refractivity contribution in [1.29, 1.82) is 0 Å². The molecule has 0 saturated carbocycles. The Morgan fingerprint density at radius 1 is 1.60 bits per heavy atom. The van der Waals surface area contributed by atoms with Gasteiger partial charge in [0.2, 0.25) is 0 Å². The van der Waals surface area contributed by atoms with Gasteiger partial charge in [-0.2, -0.15) is 18.3 Å². The fourth-order valence-corrected chi connectivity index (χ4v) is 0.903. The largest absolute Gasteiger partial charge is 0.478 e. The number of hydrogen-bond donors (Lipinski definition) is 1. The van der Waals surface area contributed by atoms with E-state index in [-0.39, 0.29) is 0 Å². The van der Waals surface area contributed by atoms with Gasteiger partial charge in [0.15, 0.2) is 0 Å². The zero-order valence-corrected chi connectivity index (χ0v) is 7.40. The van der Waals surface area contributed by atoms with E-state index in [0.717, 1.165) is 18.5 Å². The van der Waals surface area contributed by atoms with E-state index in [2.05, 4.69) is 5.10 Å². The molecule has 0 spiro atoms. The van der Waals surface area contributed by atoms with Crippen molar-refractivity contribution >= 4 is 12.0 Å². The molecule has 82 valence electrons. The summed E-state index contributed by atoms with van der Waals surface area (Å²) in [5, 5.41) is 11.7. The predicted octanol–water partition coefficient (Wildman–Crippen LogP) is 1.54. The van der Waals surface area contributed by atoms with Crippen molar-refractivity contribution in [3.05, 3.63) is 24.0 Å². The number of carboxylic acid groups (broad SMARTS) is 1. The number of halogens is 3. The maximum atomic E-state index is 11.9. The van der Waals surface area contributed by atoms with E-state index in [1.165, 1.54) is 6.08 Å². The Balaban J connectivity index is 2.68. The Morgan fingerprint density at radius 2 is 2.27 bits per heavy atom. The SMILES string of the molecule is O=C(O)C=Cc1cnn(CC(F)(F)F)c1. The van der Waals surface area contributed by atoms with Crippen molar-refractivity contribution in [2.45, 2.75) is 12.7 Å². The molecule has 0 aliphatic heterocycles. The number of carboxylic acids is 1. The molecule has 0 aromatic carbocycles. The zero-order chi connectivity index (χ0) is 11.5. The molecule has 0 radical (unpaired) electrons. The van der Waals surface area contributed by atoms with Gasteiger partial charge in [0.25, 0.3) is 0 Å². The topological polar surface area (TPSA) is 55.1 Å². The number of hydrogen-bond acceptors (Lipinski definition) is 2. The van der Waals surface area contributed by atoms with E-state index in [1.807, 2.05) is 0 Å². The first-order valence-electron chi connectivity index (χ1n) is 3.87. The molecule has 0 saturated heterocycles. The van der Waals surface area contributed by atoms with Crippen LogP contribution in [0.4, 0.5) is 13.2 Å². The third kappa shape index (κ3) is 4.30. The Labute approximate surface area is 82.6 Å². The van der Waals surface area contributed by atoms with Gasteiger partial charge in [0, 0.05) is 17.8 Å². The minimum Gasteiger partial charge on any atom is -0.478 e. The highest BCUT2D eigenvalue weighted by Crippen LogP contribution is 2.17. The van der Waals surface area contributed by atoms with Crippen LogP contribution in [0.1, 0.15) is 5.56 Å². The van der Waals surface area contributed by atoms with Gasteiger partial charge in [0.05, 0.1) is 6.20 Å². The highest BCUT2D eigenvalue weighted by Gasteiger charge is 2.28. The smallest absolute Gasteiger partial charge is 0.408 e. The van der Waals surface area contributed by atoms with Crippen LogP contribution < -0.4 is 0 Å². The molecule has 15 heavy (non-hydrogen) atoms. The number of aromatic nitrogens is 2. The van der Waals surface area contributed by atoms with E-state index in [9.17, 15) is 18.0 Å². The molecule has 1 heterocycles. The monoisotopic (exact) mass is 220 g/mol. The van der Waals surface area contributed by atoms with Crippen LogP contribution in [0.5, 0.6) is 0 Å². The van der Waals surface area contributed by atoms with Crippen LogP contribution in [-0.4, -0.2) is 27.0 Å². The molecule has 4 nitrogen and oxygen atoms in total. The van der Waals surface area contributed by atoms with Crippen LogP contribution in [0, 0.1) is 0 Å². The minimum atomic E-state index is -4.33. The fourth-order valence-electron chi connectivity index (χ4n) is 0.903. The van der Waals surface area contributed by atoms with Crippen LogP contribution in [-0.2, 0) is 11.3 Å². The first-order valence-corrected chi connectivity index (χ1v) is 3.87. The van der Waals surface area contributed by atoms with Crippen molar-refractivity contribution in [1.82, 2.24) is 9.78 Å². The third-order valence-corrected chi connectivity index (χ3v) is 1.41. The van der Waals surface area contributed by atoms with Gasteiger partial charge in [-0.1, -0.05) is 0 Å². The maximum absolute atomic E-state index is 11.9. The summed E-state index contributed by atoms with van der Waals surface area (Å²) >= 11 is 0. The molecule has 0 fully saturated rings. The molecule has 1 aromatic heterocycles. The molecular formula is C8H7F3N2O2. The zero-order valence-electron chi connectivity index (χ0n) is 7.40. The van der Waals surface area contributed by atoms with Gasteiger partial charge < -0.3 is 5.11 Å². The van der Waals surface area contributed by atoms with E-state index < -0.39 is 18.7 Å². The first-order chi connectivity index (χ1) is 6.87. The molecule has 0 atom stereocenters. The molecule has 7 heteroatoms. The molecule has 1 rings (SSSR count). The molecule has 1 aromatic rings. The summed E-state index contributed by atoms with van der Waals surface area (Å²) in [5.41, 5.74) is 0.307. The van der Waals surface area contributed by atoms with E-state index in [1.54, 1.807) is 0 Å². The predicted molar refractivity (Wildman–Crippen MR) is 45.0 cm³/mol. The van der Waals surface area contributed by atoms with E-state index in [0.29, 0.717) is 10.2 Å². The van der Waals surface area contributed by atoms with Gasteiger partial charge in [-0.25, -0.2) is 4.79 Å². The summed E-state index contributed by atoms with van der Waals surface area (Å²) < 4.78 is 36.4. The second-order valence-corrected chi connectivity index (χ2v) is 2.76. The first kappa shape index (κ1) is 11.3. The Kier molecular flexibility index (Phi) is 3.13. The summed E-state index contributed by atoms with van der Waals surface area (Å²) in [6.07, 6.45) is -0.0605. The van der Waals surface area contributed by atoms with Crippen molar-refractivity contribution in [3.8, 4) is 0 Å². The van der Waals surface area contributed by atoms with Gasteiger partial charge in [-0.3, -0.25) is 4.68 Å². The summed E-state index contributed by atoms with van der Waals surface area (Å²) in [5.74, 6) is -1.17. The van der Waals surface area contributed by atoms with Crippen molar-refractivity contribution in [2.24, 2.45) is 0 Å². The fraction of sp³-hybridized carbons (Fsp3) is 0.250. The van der Waals surface area contributed by atoms with Crippen molar-refractivity contribution in [3.63, 3.8) is 0 Å². The molecule has 0 amide bonds. The van der Waals surface area contributed by atoms with Crippen LogP contribution >= 0.6 is 0 Å². The lowest BCUT2D eigenvalue weighted by Gasteiger charge is -2.04. The summed E-state index contributed by atoms with van der Waals surface area (Å²) in [6.45, 7) is -1.19. The van der Waals surface area contributed by atoms with E-state index >= 15 is 0 Å². The molecule has 0 aliphatic carbocycles. The lowest BCUT2D eigenvalue weighted by Crippen LogP contribution is -2.17. The van der Waals surface area contributed by atoms with Crippen molar-refractivity contribution < 1.29 is 23.1 Å². The van der Waals surface area contributed by atoms with Crippen LogP contribution in [0.25, 0.3) is 6.08 Å². The molecule has 1 N–H and O–H groups in total. The highest BCUT2D eigenvalue weighted by atomic mass is 19.4. The minimum absolute atomic E-state index is 0.307. The quantitative estimate of drug-likeness (QED) is 0.786. The van der Waals surface area contributed by atoms with Gasteiger partial charge >= 0.3 is 12.1 Å².